The molecule has 1 heterocycles. The van der Waals surface area contributed by atoms with E-state index in [9.17, 15) is 14.7 Å². The fourth-order valence-corrected chi connectivity index (χ4v) is 1.94. The summed E-state index contributed by atoms with van der Waals surface area (Å²) in [5, 5.41) is 20.5. The second-order valence-electron chi connectivity index (χ2n) is 4.84. The number of hydrogen-bond acceptors (Lipinski definition) is 6. The predicted octanol–water partition coefficient (Wildman–Crippen LogP) is 0.128. The molecule has 0 aliphatic carbocycles. The first-order chi connectivity index (χ1) is 11.0. The summed E-state index contributed by atoms with van der Waals surface area (Å²) in [6.45, 7) is 1.33. The summed E-state index contributed by atoms with van der Waals surface area (Å²) in [6.07, 6.45) is 3.57. The molecule has 0 fully saturated rings. The maximum absolute atomic E-state index is 12.1. The van der Waals surface area contributed by atoms with Crippen molar-refractivity contribution in [1.29, 1.82) is 0 Å². The van der Waals surface area contributed by atoms with Gasteiger partial charge in [-0.3, -0.25) is 24.8 Å². The third-order valence-electron chi connectivity index (χ3n) is 3.17. The minimum Gasteiger partial charge on any atom is -0.391 e. The van der Waals surface area contributed by atoms with Gasteiger partial charge in [-0.05, 0) is 19.1 Å². The Morgan fingerprint density at radius 1 is 1.17 bits per heavy atom. The molecule has 0 bridgehead atoms. The third-order valence-corrected chi connectivity index (χ3v) is 3.17. The molecule has 4 N–H and O–H groups in total. The number of aliphatic hydroxyl groups is 1. The van der Waals surface area contributed by atoms with Gasteiger partial charge in [-0.2, -0.15) is 0 Å². The Labute approximate surface area is 132 Å². The molecule has 120 valence electrons. The van der Waals surface area contributed by atoms with E-state index in [2.05, 4.69) is 15.3 Å². The lowest BCUT2D eigenvalue weighted by Gasteiger charge is -2.19. The maximum Gasteiger partial charge on any atom is 0.268 e. The first kappa shape index (κ1) is 16.5. The summed E-state index contributed by atoms with van der Waals surface area (Å²) >= 11 is 0. The van der Waals surface area contributed by atoms with E-state index in [0.717, 1.165) is 5.56 Å². The Bertz CT molecular complexity index is 674. The number of aromatic nitrogens is 2. The van der Waals surface area contributed by atoms with Gasteiger partial charge in [-0.15, -0.1) is 0 Å². The van der Waals surface area contributed by atoms with Crippen LogP contribution in [0.2, 0.25) is 0 Å². The third kappa shape index (κ3) is 4.09. The standard InChI is InChI=1S/C15H16N4O4/c1-9(20)13(15(22)19-23)18-14(21)11-4-2-10(3-5-11)12-8-16-6-7-17-12/h2-9,13,20,23H,1H3,(H,18,21)(H,19,22)/t9-,13+/m1/s1. The van der Waals surface area contributed by atoms with Crippen LogP contribution in [-0.2, 0) is 4.79 Å². The van der Waals surface area contributed by atoms with Crippen molar-refractivity contribution in [3.05, 3.63) is 48.4 Å². The average Bonchev–Trinajstić information content (AvgIpc) is 2.59. The molecule has 0 saturated heterocycles. The molecule has 8 heteroatoms. The van der Waals surface area contributed by atoms with Gasteiger partial charge in [0.2, 0.25) is 0 Å². The van der Waals surface area contributed by atoms with E-state index in [-0.39, 0.29) is 0 Å². The SMILES string of the molecule is C[C@@H](O)[C@H](NC(=O)c1ccc(-c2cnccn2)cc1)C(=O)NO. The molecule has 1 aromatic carbocycles. The molecule has 0 unspecified atom stereocenters. The number of rotatable bonds is 5. The Kier molecular flexibility index (Phi) is 5.34. The van der Waals surface area contributed by atoms with Gasteiger partial charge in [0.25, 0.3) is 11.8 Å². The summed E-state index contributed by atoms with van der Waals surface area (Å²) in [6, 6.07) is 5.27. The molecule has 1 aromatic heterocycles. The van der Waals surface area contributed by atoms with Crippen LogP contribution in [0, 0.1) is 0 Å². The van der Waals surface area contributed by atoms with Crippen molar-refractivity contribution in [3.8, 4) is 11.3 Å². The molecule has 0 saturated carbocycles. The fourth-order valence-electron chi connectivity index (χ4n) is 1.94. The molecule has 0 aliphatic heterocycles. The van der Waals surface area contributed by atoms with Crippen molar-refractivity contribution in [2.75, 3.05) is 0 Å². The summed E-state index contributed by atoms with van der Waals surface area (Å²) in [5.41, 5.74) is 3.16. The molecule has 2 amide bonds. The number of benzene rings is 1. The molecular formula is C15H16N4O4. The van der Waals surface area contributed by atoms with E-state index in [1.165, 1.54) is 12.4 Å². The first-order valence-electron chi connectivity index (χ1n) is 6.82. The average molecular weight is 316 g/mol. The highest BCUT2D eigenvalue weighted by molar-refractivity contribution is 5.97. The van der Waals surface area contributed by atoms with Crippen LogP contribution in [-0.4, -0.2) is 44.2 Å². The van der Waals surface area contributed by atoms with Crippen LogP contribution in [0.4, 0.5) is 0 Å². The van der Waals surface area contributed by atoms with Crippen LogP contribution in [0.1, 0.15) is 17.3 Å². The van der Waals surface area contributed by atoms with Crippen molar-refractivity contribution in [2.24, 2.45) is 0 Å². The van der Waals surface area contributed by atoms with Crippen molar-refractivity contribution < 1.29 is 19.9 Å². The van der Waals surface area contributed by atoms with Gasteiger partial charge in [-0.25, -0.2) is 5.48 Å². The van der Waals surface area contributed by atoms with Gasteiger partial charge in [0.1, 0.15) is 6.04 Å². The van der Waals surface area contributed by atoms with Gasteiger partial charge < -0.3 is 10.4 Å². The zero-order chi connectivity index (χ0) is 16.8. The van der Waals surface area contributed by atoms with Crippen molar-refractivity contribution in [3.63, 3.8) is 0 Å². The second kappa shape index (κ2) is 7.43. The number of nitrogens with one attached hydrogen (secondary N) is 2. The molecule has 2 atom stereocenters. The van der Waals surface area contributed by atoms with Crippen LogP contribution in [0.25, 0.3) is 11.3 Å². The number of carbonyl (C=O) groups is 2. The number of carbonyl (C=O) groups excluding carboxylic acids is 2. The zero-order valence-corrected chi connectivity index (χ0v) is 12.3. The molecule has 0 aliphatic rings. The minimum absolute atomic E-state index is 0.300. The summed E-state index contributed by atoms with van der Waals surface area (Å²) < 4.78 is 0. The van der Waals surface area contributed by atoms with Crippen molar-refractivity contribution in [1.82, 2.24) is 20.8 Å². The largest absolute Gasteiger partial charge is 0.391 e. The number of aliphatic hydroxyl groups excluding tert-OH is 1. The van der Waals surface area contributed by atoms with E-state index < -0.39 is 24.0 Å². The lowest BCUT2D eigenvalue weighted by molar-refractivity contribution is -0.133. The summed E-state index contributed by atoms with van der Waals surface area (Å²) in [5.74, 6) is -1.45. The molecule has 23 heavy (non-hydrogen) atoms. The lowest BCUT2D eigenvalue weighted by Crippen LogP contribution is -2.51. The topological polar surface area (TPSA) is 124 Å². The maximum atomic E-state index is 12.1. The van der Waals surface area contributed by atoms with E-state index in [0.29, 0.717) is 11.3 Å². The second-order valence-corrected chi connectivity index (χ2v) is 4.84. The van der Waals surface area contributed by atoms with E-state index >= 15 is 0 Å². The van der Waals surface area contributed by atoms with Gasteiger partial charge in [0.05, 0.1) is 18.0 Å². The van der Waals surface area contributed by atoms with Gasteiger partial charge in [0, 0.05) is 23.5 Å². The Morgan fingerprint density at radius 3 is 2.39 bits per heavy atom. The predicted molar refractivity (Wildman–Crippen MR) is 80.3 cm³/mol. The summed E-state index contributed by atoms with van der Waals surface area (Å²) in [4.78, 5) is 31.6. The highest BCUT2D eigenvalue weighted by atomic mass is 16.5. The smallest absolute Gasteiger partial charge is 0.268 e. The highest BCUT2D eigenvalue weighted by Crippen LogP contribution is 2.16. The first-order valence-corrected chi connectivity index (χ1v) is 6.82. The monoisotopic (exact) mass is 316 g/mol. The van der Waals surface area contributed by atoms with Crippen LogP contribution in [0.15, 0.2) is 42.9 Å². The zero-order valence-electron chi connectivity index (χ0n) is 12.3. The van der Waals surface area contributed by atoms with Gasteiger partial charge in [0.15, 0.2) is 0 Å². The van der Waals surface area contributed by atoms with Crippen LogP contribution in [0.5, 0.6) is 0 Å². The molecule has 2 rings (SSSR count). The number of nitrogens with zero attached hydrogens (tertiary/aromatic N) is 2. The number of hydroxylamine groups is 1. The highest BCUT2D eigenvalue weighted by Gasteiger charge is 2.25. The molecule has 8 nitrogen and oxygen atoms in total. The molecule has 2 aromatic rings. The Hall–Kier alpha value is -2.84. The number of hydrogen-bond donors (Lipinski definition) is 4. The van der Waals surface area contributed by atoms with Gasteiger partial charge >= 0.3 is 0 Å². The Morgan fingerprint density at radius 2 is 1.87 bits per heavy atom. The molecule has 0 spiro atoms. The van der Waals surface area contributed by atoms with Crippen molar-refractivity contribution >= 4 is 11.8 Å². The van der Waals surface area contributed by atoms with Gasteiger partial charge in [-0.1, -0.05) is 12.1 Å². The van der Waals surface area contributed by atoms with E-state index in [1.54, 1.807) is 42.9 Å². The Balaban J connectivity index is 2.12. The van der Waals surface area contributed by atoms with Crippen molar-refractivity contribution in [2.45, 2.75) is 19.1 Å². The van der Waals surface area contributed by atoms with E-state index in [4.69, 9.17) is 5.21 Å². The minimum atomic E-state index is -1.26. The fraction of sp³-hybridized carbons (Fsp3) is 0.200. The number of amides is 2. The molecular weight excluding hydrogens is 300 g/mol. The quantitative estimate of drug-likeness (QED) is 0.459. The van der Waals surface area contributed by atoms with E-state index in [1.807, 2.05) is 0 Å². The normalized spacial score (nSPS) is 13.0. The summed E-state index contributed by atoms with van der Waals surface area (Å²) in [7, 11) is 0. The molecule has 0 radical (unpaired) electrons. The van der Waals surface area contributed by atoms with Crippen LogP contribution >= 0.6 is 0 Å². The van der Waals surface area contributed by atoms with Crippen LogP contribution in [0.3, 0.4) is 0 Å². The lowest BCUT2D eigenvalue weighted by atomic mass is 10.1. The van der Waals surface area contributed by atoms with Crippen LogP contribution < -0.4 is 10.8 Å².